The number of hydrogen-bond acceptors (Lipinski definition) is 6. The predicted molar refractivity (Wildman–Crippen MR) is 150 cm³/mol. The molecule has 4 aliphatic carbocycles. The molecule has 7 heteroatoms. The molecule has 8 atom stereocenters. The van der Waals surface area contributed by atoms with Gasteiger partial charge in [0.05, 0.1) is 23.9 Å². The quantitative estimate of drug-likeness (QED) is 0.421. The fourth-order valence-corrected chi connectivity index (χ4v) is 9.46. The van der Waals surface area contributed by atoms with Gasteiger partial charge in [0.2, 0.25) is 0 Å². The molecule has 0 spiro atoms. The number of fused-ring (bicyclic) bond motifs is 6. The molecule has 1 aromatic heterocycles. The van der Waals surface area contributed by atoms with Crippen molar-refractivity contribution in [3.05, 3.63) is 30.6 Å². The van der Waals surface area contributed by atoms with Crippen LogP contribution in [0.15, 0.2) is 30.6 Å². The van der Waals surface area contributed by atoms with E-state index >= 15 is 0 Å². The van der Waals surface area contributed by atoms with Crippen LogP contribution in [-0.2, 0) is 30.5 Å². The standard InChI is InChI=1S/C33H42N2O5/c1-20(8-11-30(39)40-15-14-35-19-34-26-6-4-5-7-27(26)35)23-9-10-24-31-25(18-29(38)33(23,24)3)32(2)13-12-22(36)16-21(32)17-28(31)37/h4-7,19-21,23-25,31H,8-18H2,1-3H3/t20-,21?,23-,24+,25+,31+,32+,33-/m1/s1. The highest BCUT2D eigenvalue weighted by atomic mass is 16.5. The maximum atomic E-state index is 14.0. The minimum Gasteiger partial charge on any atom is -0.464 e. The summed E-state index contributed by atoms with van der Waals surface area (Å²) in [6.45, 7) is 7.38. The highest BCUT2D eigenvalue weighted by Gasteiger charge is 2.66. The summed E-state index contributed by atoms with van der Waals surface area (Å²) in [6, 6.07) is 7.89. The lowest BCUT2D eigenvalue weighted by molar-refractivity contribution is -0.166. The second kappa shape index (κ2) is 10.2. The molecule has 0 N–H and O–H groups in total. The van der Waals surface area contributed by atoms with E-state index in [1.165, 1.54) is 0 Å². The SMILES string of the molecule is C[C@H](CCC(=O)OCCn1cnc2ccccc21)[C@H]1CC[C@H]2[C@@H]3C(=O)CC4CC(=O)CC[C@]4(C)[C@H]3CC(=O)[C@]12C. The van der Waals surface area contributed by atoms with Gasteiger partial charge >= 0.3 is 5.97 Å². The summed E-state index contributed by atoms with van der Waals surface area (Å²) in [6.07, 6.45) is 7.43. The van der Waals surface area contributed by atoms with E-state index in [0.29, 0.717) is 57.5 Å². The number of carbonyl (C=O) groups is 4. The summed E-state index contributed by atoms with van der Waals surface area (Å²) in [7, 11) is 0. The number of ether oxygens (including phenoxy) is 1. The molecule has 1 aromatic carbocycles. The van der Waals surface area contributed by atoms with Crippen LogP contribution in [0.4, 0.5) is 0 Å². The molecule has 0 bridgehead atoms. The van der Waals surface area contributed by atoms with Gasteiger partial charge in [-0.1, -0.05) is 32.9 Å². The maximum Gasteiger partial charge on any atom is 0.305 e. The summed E-state index contributed by atoms with van der Waals surface area (Å²) in [5.74, 6) is 1.16. The molecule has 6 rings (SSSR count). The molecule has 40 heavy (non-hydrogen) atoms. The van der Waals surface area contributed by atoms with Crippen LogP contribution in [0.1, 0.15) is 78.6 Å². The van der Waals surface area contributed by atoms with Crippen molar-refractivity contribution in [1.29, 1.82) is 0 Å². The van der Waals surface area contributed by atoms with Crippen LogP contribution in [-0.4, -0.2) is 39.5 Å². The first kappa shape index (κ1) is 27.3. The van der Waals surface area contributed by atoms with E-state index in [2.05, 4.69) is 25.8 Å². The van der Waals surface area contributed by atoms with E-state index in [1.54, 1.807) is 6.33 Å². The zero-order valence-electron chi connectivity index (χ0n) is 24.1. The molecule has 0 aliphatic heterocycles. The topological polar surface area (TPSA) is 95.3 Å². The lowest BCUT2D eigenvalue weighted by Gasteiger charge is -2.58. The van der Waals surface area contributed by atoms with Crippen molar-refractivity contribution in [3.8, 4) is 0 Å². The largest absolute Gasteiger partial charge is 0.464 e. The van der Waals surface area contributed by atoms with E-state index in [-0.39, 0.29) is 58.5 Å². The second-order valence-electron chi connectivity index (χ2n) is 13.6. The highest BCUT2D eigenvalue weighted by molar-refractivity contribution is 5.93. The molecule has 214 valence electrons. The van der Waals surface area contributed by atoms with Crippen LogP contribution >= 0.6 is 0 Å². The van der Waals surface area contributed by atoms with Gasteiger partial charge in [-0.05, 0) is 72.8 Å². The fourth-order valence-electron chi connectivity index (χ4n) is 9.46. The van der Waals surface area contributed by atoms with Gasteiger partial charge in [0.15, 0.2) is 0 Å². The number of aromatic nitrogens is 2. The van der Waals surface area contributed by atoms with Crippen molar-refractivity contribution in [2.45, 2.75) is 85.1 Å². The van der Waals surface area contributed by atoms with Crippen LogP contribution in [0.2, 0.25) is 0 Å². The zero-order chi connectivity index (χ0) is 28.2. The molecular formula is C33H42N2O5. The van der Waals surface area contributed by atoms with Crippen LogP contribution in [0.3, 0.4) is 0 Å². The summed E-state index contributed by atoms with van der Waals surface area (Å²) < 4.78 is 7.55. The second-order valence-corrected chi connectivity index (χ2v) is 13.6. The Bertz CT molecular complexity index is 1350. The van der Waals surface area contributed by atoms with Crippen molar-refractivity contribution in [1.82, 2.24) is 9.55 Å². The fraction of sp³-hybridized carbons (Fsp3) is 0.667. The predicted octanol–water partition coefficient (Wildman–Crippen LogP) is 5.58. The maximum absolute atomic E-state index is 14.0. The molecule has 2 aromatic rings. The van der Waals surface area contributed by atoms with Crippen molar-refractivity contribution in [2.24, 2.45) is 46.3 Å². The van der Waals surface area contributed by atoms with Gasteiger partial charge in [-0.2, -0.15) is 0 Å². The van der Waals surface area contributed by atoms with Crippen molar-refractivity contribution in [2.75, 3.05) is 6.61 Å². The normalized spacial score (nSPS) is 36.2. The van der Waals surface area contributed by atoms with Crippen LogP contribution < -0.4 is 0 Å². The van der Waals surface area contributed by atoms with Gasteiger partial charge in [0.25, 0.3) is 0 Å². The van der Waals surface area contributed by atoms with E-state index in [4.69, 9.17) is 4.74 Å². The molecule has 1 unspecified atom stereocenters. The first-order valence-corrected chi connectivity index (χ1v) is 15.3. The Labute approximate surface area is 236 Å². The minimum atomic E-state index is -0.518. The summed E-state index contributed by atoms with van der Waals surface area (Å²) >= 11 is 0. The van der Waals surface area contributed by atoms with Gasteiger partial charge in [-0.25, -0.2) is 4.98 Å². The smallest absolute Gasteiger partial charge is 0.305 e. The van der Waals surface area contributed by atoms with Crippen molar-refractivity contribution < 1.29 is 23.9 Å². The van der Waals surface area contributed by atoms with E-state index in [9.17, 15) is 19.2 Å². The molecular weight excluding hydrogens is 504 g/mol. The number of nitrogens with zero attached hydrogens (tertiary/aromatic N) is 2. The van der Waals surface area contributed by atoms with E-state index < -0.39 is 5.41 Å². The number of imidazole rings is 1. The third-order valence-corrected chi connectivity index (χ3v) is 11.8. The first-order chi connectivity index (χ1) is 19.1. The summed E-state index contributed by atoms with van der Waals surface area (Å²) in [5.41, 5.74) is 1.33. The summed E-state index contributed by atoms with van der Waals surface area (Å²) in [4.78, 5) is 56.7. The van der Waals surface area contributed by atoms with E-state index in [0.717, 1.165) is 30.3 Å². The Morgan fingerprint density at radius 1 is 1.10 bits per heavy atom. The molecule has 0 amide bonds. The molecule has 1 heterocycles. The number of hydrogen-bond donors (Lipinski definition) is 0. The first-order valence-electron chi connectivity index (χ1n) is 15.3. The number of carbonyl (C=O) groups excluding carboxylic acids is 4. The lowest BCUT2D eigenvalue weighted by atomic mass is 9.44. The Morgan fingerprint density at radius 3 is 2.73 bits per heavy atom. The van der Waals surface area contributed by atoms with Crippen LogP contribution in [0.25, 0.3) is 11.0 Å². The number of para-hydroxylation sites is 2. The number of esters is 1. The monoisotopic (exact) mass is 546 g/mol. The van der Waals surface area contributed by atoms with Crippen LogP contribution in [0, 0.1) is 46.3 Å². The number of benzene rings is 1. The Hall–Kier alpha value is -2.83. The molecule has 0 radical (unpaired) electrons. The minimum absolute atomic E-state index is 0.0640. The Kier molecular flexibility index (Phi) is 6.99. The third-order valence-electron chi connectivity index (χ3n) is 11.8. The Balaban J connectivity index is 1.07. The highest BCUT2D eigenvalue weighted by Crippen LogP contribution is 2.66. The number of ketones is 3. The van der Waals surface area contributed by atoms with E-state index in [1.807, 2.05) is 28.8 Å². The average Bonchev–Trinajstić information content (AvgIpc) is 3.51. The van der Waals surface area contributed by atoms with Crippen molar-refractivity contribution in [3.63, 3.8) is 0 Å². The van der Waals surface area contributed by atoms with Crippen LogP contribution in [0.5, 0.6) is 0 Å². The number of rotatable bonds is 7. The molecule has 0 saturated heterocycles. The average molecular weight is 547 g/mol. The zero-order valence-corrected chi connectivity index (χ0v) is 24.1. The third kappa shape index (κ3) is 4.35. The van der Waals surface area contributed by atoms with Gasteiger partial charge < -0.3 is 9.30 Å². The van der Waals surface area contributed by atoms with Gasteiger partial charge in [-0.3, -0.25) is 19.2 Å². The van der Waals surface area contributed by atoms with Gasteiger partial charge in [0.1, 0.15) is 24.0 Å². The Morgan fingerprint density at radius 2 is 1.90 bits per heavy atom. The molecule has 4 saturated carbocycles. The van der Waals surface area contributed by atoms with Gasteiger partial charge in [0, 0.05) is 43.4 Å². The lowest BCUT2D eigenvalue weighted by Crippen LogP contribution is -2.60. The molecule has 4 aliphatic rings. The molecule has 7 nitrogen and oxygen atoms in total. The number of Topliss-reactive ketones (excluding diaryl/α,β-unsaturated/α-hetero) is 3. The molecule has 4 fully saturated rings. The summed E-state index contributed by atoms with van der Waals surface area (Å²) in [5, 5.41) is 0. The van der Waals surface area contributed by atoms with Gasteiger partial charge in [-0.15, -0.1) is 0 Å². The van der Waals surface area contributed by atoms with Crippen molar-refractivity contribution >= 4 is 34.4 Å².